The van der Waals surface area contributed by atoms with Crippen LogP contribution in [0.5, 0.6) is 5.88 Å². The maximum absolute atomic E-state index is 5.62. The quantitative estimate of drug-likeness (QED) is 0.855. The molecule has 0 aromatic carbocycles. The summed E-state index contributed by atoms with van der Waals surface area (Å²) in [6.07, 6.45) is 0. The molecule has 0 amide bonds. The van der Waals surface area contributed by atoms with Crippen molar-refractivity contribution in [1.29, 1.82) is 0 Å². The van der Waals surface area contributed by atoms with Gasteiger partial charge in [0.15, 0.2) is 0 Å². The van der Waals surface area contributed by atoms with Gasteiger partial charge in [0.05, 0.1) is 12.2 Å². The summed E-state index contributed by atoms with van der Waals surface area (Å²) >= 11 is 0. The molecule has 0 radical (unpaired) electrons. The maximum atomic E-state index is 5.62. The van der Waals surface area contributed by atoms with Crippen molar-refractivity contribution in [1.82, 2.24) is 15.1 Å². The second kappa shape index (κ2) is 5.05. The van der Waals surface area contributed by atoms with Crippen LogP contribution in [-0.4, -0.2) is 16.8 Å². The Kier molecular flexibility index (Phi) is 3.49. The van der Waals surface area contributed by atoms with E-state index in [1.165, 1.54) is 0 Å². The summed E-state index contributed by atoms with van der Waals surface area (Å²) in [5.74, 6) is 2.47. The van der Waals surface area contributed by atoms with Crippen molar-refractivity contribution in [2.45, 2.75) is 20.1 Å². The third-order valence-electron chi connectivity index (χ3n) is 2.39. The fourth-order valence-corrected chi connectivity index (χ4v) is 1.64. The van der Waals surface area contributed by atoms with Crippen molar-refractivity contribution in [3.05, 3.63) is 35.4 Å². The SMILES string of the molecule is CNCc1ccc(COc2cc(C)nn2C)o1. The van der Waals surface area contributed by atoms with Crippen LogP contribution in [0.3, 0.4) is 0 Å². The Morgan fingerprint density at radius 3 is 2.82 bits per heavy atom. The number of aryl methyl sites for hydroxylation is 2. The maximum Gasteiger partial charge on any atom is 0.212 e. The second-order valence-corrected chi connectivity index (χ2v) is 3.93. The Balaban J connectivity index is 1.95. The number of nitrogens with zero attached hydrogens (tertiary/aromatic N) is 2. The molecule has 0 fully saturated rings. The molecule has 0 atom stereocenters. The van der Waals surface area contributed by atoms with E-state index in [0.717, 1.165) is 29.6 Å². The van der Waals surface area contributed by atoms with E-state index >= 15 is 0 Å². The normalized spacial score (nSPS) is 10.8. The van der Waals surface area contributed by atoms with Crippen molar-refractivity contribution in [2.24, 2.45) is 7.05 Å². The molecule has 0 aliphatic carbocycles. The average Bonchev–Trinajstić information content (AvgIpc) is 2.83. The lowest BCUT2D eigenvalue weighted by atomic mass is 10.4. The zero-order valence-corrected chi connectivity index (χ0v) is 10.4. The number of furan rings is 1. The van der Waals surface area contributed by atoms with E-state index in [4.69, 9.17) is 9.15 Å². The zero-order chi connectivity index (χ0) is 12.3. The molecule has 0 spiro atoms. The minimum Gasteiger partial charge on any atom is -0.470 e. The van der Waals surface area contributed by atoms with Crippen molar-refractivity contribution >= 4 is 0 Å². The Hall–Kier alpha value is -1.75. The summed E-state index contributed by atoms with van der Waals surface area (Å²) in [6.45, 7) is 3.08. The van der Waals surface area contributed by atoms with Crippen LogP contribution in [0.1, 0.15) is 17.2 Å². The molecular weight excluding hydrogens is 218 g/mol. The lowest BCUT2D eigenvalue weighted by molar-refractivity contribution is 0.245. The first-order valence-electron chi connectivity index (χ1n) is 5.54. The van der Waals surface area contributed by atoms with Gasteiger partial charge >= 0.3 is 0 Å². The minimum absolute atomic E-state index is 0.419. The number of hydrogen-bond donors (Lipinski definition) is 1. The number of nitrogens with one attached hydrogen (secondary N) is 1. The summed E-state index contributed by atoms with van der Waals surface area (Å²) < 4.78 is 12.9. The molecule has 0 aliphatic heterocycles. The Labute approximate surface area is 100 Å². The van der Waals surface area contributed by atoms with Crippen LogP contribution >= 0.6 is 0 Å². The molecule has 92 valence electrons. The van der Waals surface area contributed by atoms with E-state index in [-0.39, 0.29) is 0 Å². The highest BCUT2D eigenvalue weighted by Gasteiger charge is 2.06. The van der Waals surface area contributed by atoms with Gasteiger partial charge < -0.3 is 14.5 Å². The highest BCUT2D eigenvalue weighted by atomic mass is 16.5. The molecular formula is C12H17N3O2. The van der Waals surface area contributed by atoms with E-state index < -0.39 is 0 Å². The van der Waals surface area contributed by atoms with Gasteiger partial charge in [0, 0.05) is 13.1 Å². The highest BCUT2D eigenvalue weighted by Crippen LogP contribution is 2.14. The summed E-state index contributed by atoms with van der Waals surface area (Å²) in [7, 11) is 3.74. The molecule has 5 heteroatoms. The summed E-state index contributed by atoms with van der Waals surface area (Å²) in [5.41, 5.74) is 0.942. The van der Waals surface area contributed by atoms with Crippen LogP contribution in [0.4, 0.5) is 0 Å². The average molecular weight is 235 g/mol. The lowest BCUT2D eigenvalue weighted by Gasteiger charge is -2.03. The summed E-state index contributed by atoms with van der Waals surface area (Å²) in [4.78, 5) is 0. The first kappa shape index (κ1) is 11.7. The topological polar surface area (TPSA) is 52.2 Å². The van der Waals surface area contributed by atoms with E-state index in [2.05, 4.69) is 10.4 Å². The molecule has 2 heterocycles. The van der Waals surface area contributed by atoms with Crippen LogP contribution in [-0.2, 0) is 20.2 Å². The van der Waals surface area contributed by atoms with E-state index in [1.807, 2.05) is 39.2 Å². The standard InChI is InChI=1S/C12H17N3O2/c1-9-6-12(15(3)14-9)16-8-11-5-4-10(17-11)7-13-2/h4-6,13H,7-8H2,1-3H3. The number of hydrogen-bond acceptors (Lipinski definition) is 4. The number of rotatable bonds is 5. The van der Waals surface area contributed by atoms with Gasteiger partial charge in [-0.1, -0.05) is 0 Å². The largest absolute Gasteiger partial charge is 0.470 e. The van der Waals surface area contributed by atoms with Gasteiger partial charge in [-0.3, -0.25) is 0 Å². The van der Waals surface area contributed by atoms with Crippen LogP contribution in [0.2, 0.25) is 0 Å². The van der Waals surface area contributed by atoms with Gasteiger partial charge in [0.25, 0.3) is 0 Å². The highest BCUT2D eigenvalue weighted by molar-refractivity contribution is 5.15. The first-order chi connectivity index (χ1) is 8.19. The fourth-order valence-electron chi connectivity index (χ4n) is 1.64. The zero-order valence-electron chi connectivity index (χ0n) is 10.4. The molecule has 5 nitrogen and oxygen atoms in total. The first-order valence-corrected chi connectivity index (χ1v) is 5.54. The van der Waals surface area contributed by atoms with Gasteiger partial charge in [-0.05, 0) is 26.1 Å². The van der Waals surface area contributed by atoms with Crippen LogP contribution in [0.25, 0.3) is 0 Å². The molecule has 0 bridgehead atoms. The fraction of sp³-hybridized carbons (Fsp3) is 0.417. The Morgan fingerprint density at radius 1 is 1.41 bits per heavy atom. The van der Waals surface area contributed by atoms with Gasteiger partial charge in [-0.15, -0.1) is 0 Å². The van der Waals surface area contributed by atoms with E-state index in [9.17, 15) is 0 Å². The molecule has 17 heavy (non-hydrogen) atoms. The number of aromatic nitrogens is 2. The van der Waals surface area contributed by atoms with Crippen molar-refractivity contribution < 1.29 is 9.15 Å². The van der Waals surface area contributed by atoms with E-state index in [0.29, 0.717) is 6.61 Å². The third-order valence-corrected chi connectivity index (χ3v) is 2.39. The van der Waals surface area contributed by atoms with Crippen molar-refractivity contribution in [3.63, 3.8) is 0 Å². The Morgan fingerprint density at radius 2 is 2.18 bits per heavy atom. The molecule has 1 N–H and O–H groups in total. The van der Waals surface area contributed by atoms with Gasteiger partial charge in [-0.25, -0.2) is 4.68 Å². The monoisotopic (exact) mass is 235 g/mol. The molecule has 2 rings (SSSR count). The predicted molar refractivity (Wildman–Crippen MR) is 63.7 cm³/mol. The van der Waals surface area contributed by atoms with E-state index in [1.54, 1.807) is 4.68 Å². The van der Waals surface area contributed by atoms with Gasteiger partial charge in [0.2, 0.25) is 5.88 Å². The molecule has 0 aliphatic rings. The van der Waals surface area contributed by atoms with Gasteiger partial charge in [-0.2, -0.15) is 5.10 Å². The smallest absolute Gasteiger partial charge is 0.212 e. The van der Waals surface area contributed by atoms with Gasteiger partial charge in [0.1, 0.15) is 18.1 Å². The summed E-state index contributed by atoms with van der Waals surface area (Å²) in [5, 5.41) is 7.24. The van der Waals surface area contributed by atoms with Crippen LogP contribution < -0.4 is 10.1 Å². The molecule has 2 aromatic rings. The third kappa shape index (κ3) is 2.88. The number of ether oxygens (including phenoxy) is 1. The molecule has 0 saturated heterocycles. The van der Waals surface area contributed by atoms with Crippen LogP contribution in [0, 0.1) is 6.92 Å². The second-order valence-electron chi connectivity index (χ2n) is 3.93. The van der Waals surface area contributed by atoms with Crippen molar-refractivity contribution in [2.75, 3.05) is 7.05 Å². The molecule has 0 saturated carbocycles. The minimum atomic E-state index is 0.419. The predicted octanol–water partition coefficient (Wildman–Crippen LogP) is 1.62. The summed E-state index contributed by atoms with van der Waals surface area (Å²) in [6, 6.07) is 5.77. The lowest BCUT2D eigenvalue weighted by Crippen LogP contribution is -2.03. The molecule has 0 unspecified atom stereocenters. The van der Waals surface area contributed by atoms with Crippen molar-refractivity contribution in [3.8, 4) is 5.88 Å². The Bertz CT molecular complexity index is 488. The van der Waals surface area contributed by atoms with Crippen LogP contribution in [0.15, 0.2) is 22.6 Å². The molecule has 2 aromatic heterocycles.